The Morgan fingerprint density at radius 3 is 2.52 bits per heavy atom. The maximum atomic E-state index is 12.9. The topological polar surface area (TPSA) is 91.2 Å². The number of aromatic nitrogens is 4. The maximum absolute atomic E-state index is 12.9. The molecule has 0 fully saturated rings. The van der Waals surface area contributed by atoms with E-state index in [0.717, 1.165) is 44.8 Å². The molecule has 0 saturated heterocycles. The Bertz CT molecular complexity index is 1290. The van der Waals surface area contributed by atoms with Crippen molar-refractivity contribution in [3.63, 3.8) is 0 Å². The van der Waals surface area contributed by atoms with Crippen LogP contribution < -0.4 is 10.1 Å². The summed E-state index contributed by atoms with van der Waals surface area (Å²) in [7, 11) is 3.15. The van der Waals surface area contributed by atoms with Crippen LogP contribution in [0.15, 0.2) is 30.3 Å². The van der Waals surface area contributed by atoms with Crippen LogP contribution in [0.25, 0.3) is 15.9 Å². The number of hydrogen-bond acceptors (Lipinski definition) is 7. The molecule has 0 radical (unpaired) electrons. The lowest BCUT2D eigenvalue weighted by atomic mass is 10.1. The maximum Gasteiger partial charge on any atom is 0.261 e. The molecule has 4 rings (SSSR count). The lowest BCUT2D eigenvalue weighted by Gasteiger charge is -2.08. The third-order valence-electron chi connectivity index (χ3n) is 5.37. The summed E-state index contributed by atoms with van der Waals surface area (Å²) in [5, 5.41) is 8.31. The van der Waals surface area contributed by atoms with Crippen molar-refractivity contribution in [1.29, 1.82) is 0 Å². The minimum atomic E-state index is -0.120. The summed E-state index contributed by atoms with van der Waals surface area (Å²) in [6.45, 7) is 6.74. The fraction of sp³-hybridized carbons (Fsp3) is 0.333. The number of amides is 1. The molecule has 9 heteroatoms. The number of hydrogen-bond donors (Lipinski definition) is 1. The Labute approximate surface area is 196 Å². The first-order valence-corrected chi connectivity index (χ1v) is 11.5. The standard InChI is InChI=1S/C24H27N5O3S/c1-14-12-15(2)29(28-14)18-8-6-17(7-9-18)10-11-25-22(30)21-16(3)20-23(32-5)26-19(13-31-4)27-24(20)33-21/h6-9,12H,10-11,13H2,1-5H3,(H,25,30). The van der Waals surface area contributed by atoms with E-state index in [-0.39, 0.29) is 12.5 Å². The summed E-state index contributed by atoms with van der Waals surface area (Å²) in [6.07, 6.45) is 0.730. The van der Waals surface area contributed by atoms with Crippen LogP contribution in [0.2, 0.25) is 0 Å². The lowest BCUT2D eigenvalue weighted by Crippen LogP contribution is -2.25. The van der Waals surface area contributed by atoms with Gasteiger partial charge in [0, 0.05) is 19.3 Å². The molecule has 0 unspecified atom stereocenters. The van der Waals surface area contributed by atoms with Crippen molar-refractivity contribution >= 4 is 27.5 Å². The number of rotatable bonds is 8. The molecular weight excluding hydrogens is 438 g/mol. The highest BCUT2D eigenvalue weighted by Crippen LogP contribution is 2.35. The van der Waals surface area contributed by atoms with Gasteiger partial charge in [-0.1, -0.05) is 12.1 Å². The fourth-order valence-corrected chi connectivity index (χ4v) is 4.90. The van der Waals surface area contributed by atoms with Crippen molar-refractivity contribution < 1.29 is 14.3 Å². The number of ether oxygens (including phenoxy) is 2. The van der Waals surface area contributed by atoms with E-state index in [4.69, 9.17) is 9.47 Å². The lowest BCUT2D eigenvalue weighted by molar-refractivity contribution is 0.0957. The Hall–Kier alpha value is -3.30. The Morgan fingerprint density at radius 2 is 1.88 bits per heavy atom. The van der Waals surface area contributed by atoms with Gasteiger partial charge in [0.15, 0.2) is 5.82 Å². The number of carbonyl (C=O) groups is 1. The minimum absolute atomic E-state index is 0.120. The third-order valence-corrected chi connectivity index (χ3v) is 6.55. The van der Waals surface area contributed by atoms with Crippen molar-refractivity contribution in [2.75, 3.05) is 20.8 Å². The first-order chi connectivity index (χ1) is 15.9. The second-order valence-electron chi connectivity index (χ2n) is 7.83. The van der Waals surface area contributed by atoms with Crippen LogP contribution in [0.5, 0.6) is 5.88 Å². The molecule has 4 aromatic rings. The molecule has 0 atom stereocenters. The molecule has 0 saturated carbocycles. The van der Waals surface area contributed by atoms with Crippen LogP contribution in [0.1, 0.15) is 38.0 Å². The Morgan fingerprint density at radius 1 is 1.12 bits per heavy atom. The number of aryl methyl sites for hydroxylation is 3. The molecular formula is C24H27N5O3S. The van der Waals surface area contributed by atoms with Crippen molar-refractivity contribution in [1.82, 2.24) is 25.1 Å². The van der Waals surface area contributed by atoms with Crippen molar-refractivity contribution in [2.45, 2.75) is 33.8 Å². The van der Waals surface area contributed by atoms with E-state index in [2.05, 4.69) is 50.7 Å². The van der Waals surface area contributed by atoms with Crippen molar-refractivity contribution in [2.24, 2.45) is 0 Å². The second-order valence-corrected chi connectivity index (χ2v) is 8.83. The number of benzene rings is 1. The number of methoxy groups -OCH3 is 2. The molecule has 0 aliphatic carbocycles. The van der Waals surface area contributed by atoms with E-state index in [1.54, 1.807) is 14.2 Å². The average molecular weight is 466 g/mol. The second kappa shape index (κ2) is 9.68. The molecule has 3 heterocycles. The predicted molar refractivity (Wildman–Crippen MR) is 128 cm³/mol. The summed E-state index contributed by atoms with van der Waals surface area (Å²) < 4.78 is 12.5. The molecule has 33 heavy (non-hydrogen) atoms. The highest BCUT2D eigenvalue weighted by molar-refractivity contribution is 7.20. The number of carbonyl (C=O) groups excluding carboxylic acids is 1. The van der Waals surface area contributed by atoms with Crippen molar-refractivity contribution in [3.05, 3.63) is 63.5 Å². The zero-order valence-electron chi connectivity index (χ0n) is 19.4. The zero-order valence-corrected chi connectivity index (χ0v) is 20.2. The monoisotopic (exact) mass is 465 g/mol. The summed E-state index contributed by atoms with van der Waals surface area (Å²) >= 11 is 1.34. The quantitative estimate of drug-likeness (QED) is 0.424. The third kappa shape index (κ3) is 4.74. The van der Waals surface area contributed by atoms with E-state index in [9.17, 15) is 4.79 Å². The molecule has 0 bridgehead atoms. The smallest absolute Gasteiger partial charge is 0.261 e. The molecule has 8 nitrogen and oxygen atoms in total. The number of nitrogens with zero attached hydrogens (tertiary/aromatic N) is 4. The van der Waals surface area contributed by atoms with Gasteiger partial charge in [0.2, 0.25) is 5.88 Å². The first-order valence-electron chi connectivity index (χ1n) is 10.6. The Balaban J connectivity index is 1.43. The minimum Gasteiger partial charge on any atom is -0.480 e. The van der Waals surface area contributed by atoms with E-state index < -0.39 is 0 Å². The zero-order chi connectivity index (χ0) is 23.5. The van der Waals surface area contributed by atoms with Gasteiger partial charge >= 0.3 is 0 Å². The molecule has 3 aromatic heterocycles. The van der Waals surface area contributed by atoms with E-state index in [1.807, 2.05) is 25.5 Å². The van der Waals surface area contributed by atoms with Gasteiger partial charge < -0.3 is 14.8 Å². The fourth-order valence-electron chi connectivity index (χ4n) is 3.80. The van der Waals surface area contributed by atoms with Gasteiger partial charge in [0.25, 0.3) is 5.91 Å². The van der Waals surface area contributed by atoms with E-state index in [0.29, 0.717) is 23.1 Å². The molecule has 1 aromatic carbocycles. The van der Waals surface area contributed by atoms with Gasteiger partial charge in [0.1, 0.15) is 11.4 Å². The normalized spacial score (nSPS) is 11.2. The summed E-state index contributed by atoms with van der Waals surface area (Å²) in [5.74, 6) is 0.867. The van der Waals surface area contributed by atoms with Crippen LogP contribution >= 0.6 is 11.3 Å². The molecule has 1 N–H and O–H groups in total. The van der Waals surface area contributed by atoms with Gasteiger partial charge in [-0.3, -0.25) is 4.79 Å². The first kappa shape index (κ1) is 22.9. The summed E-state index contributed by atoms with van der Waals surface area (Å²) in [5.41, 5.74) is 5.08. The molecule has 0 aliphatic rings. The van der Waals surface area contributed by atoms with Crippen molar-refractivity contribution in [3.8, 4) is 11.6 Å². The van der Waals surface area contributed by atoms with Gasteiger partial charge in [-0.25, -0.2) is 9.67 Å². The largest absolute Gasteiger partial charge is 0.480 e. The number of fused-ring (bicyclic) bond motifs is 1. The van der Waals surface area contributed by atoms with Crippen LogP contribution in [-0.2, 0) is 17.8 Å². The van der Waals surface area contributed by atoms with E-state index in [1.165, 1.54) is 11.3 Å². The van der Waals surface area contributed by atoms with Crippen LogP contribution in [-0.4, -0.2) is 46.4 Å². The summed E-state index contributed by atoms with van der Waals surface area (Å²) in [6, 6.07) is 10.3. The predicted octanol–water partition coefficient (Wildman–Crippen LogP) is 3.93. The van der Waals surface area contributed by atoms with E-state index >= 15 is 0 Å². The molecule has 0 aliphatic heterocycles. The highest BCUT2D eigenvalue weighted by Gasteiger charge is 2.21. The Kier molecular flexibility index (Phi) is 6.71. The number of thiophene rings is 1. The van der Waals surface area contributed by atoms with Gasteiger partial charge in [-0.05, 0) is 56.5 Å². The van der Waals surface area contributed by atoms with Gasteiger partial charge in [-0.15, -0.1) is 11.3 Å². The average Bonchev–Trinajstić information content (AvgIpc) is 3.32. The van der Waals surface area contributed by atoms with Gasteiger partial charge in [-0.2, -0.15) is 10.1 Å². The highest BCUT2D eigenvalue weighted by atomic mass is 32.1. The summed E-state index contributed by atoms with van der Waals surface area (Å²) in [4.78, 5) is 23.1. The van der Waals surface area contributed by atoms with Gasteiger partial charge in [0.05, 0.1) is 28.8 Å². The van der Waals surface area contributed by atoms with Crippen LogP contribution in [0, 0.1) is 20.8 Å². The number of nitrogens with one attached hydrogen (secondary N) is 1. The molecule has 172 valence electrons. The molecule has 1 amide bonds. The SMILES string of the molecule is COCc1nc(OC)c2c(C)c(C(=O)NCCc3ccc(-n4nc(C)cc4C)cc3)sc2n1. The van der Waals surface area contributed by atoms with Crippen LogP contribution in [0.4, 0.5) is 0 Å². The van der Waals surface area contributed by atoms with Crippen LogP contribution in [0.3, 0.4) is 0 Å². The molecule has 0 spiro atoms.